The molecule has 0 aliphatic rings. The van der Waals surface area contributed by atoms with Crippen LogP contribution in [0.25, 0.3) is 5.65 Å². The van der Waals surface area contributed by atoms with Gasteiger partial charge in [-0.1, -0.05) is 24.0 Å². The average Bonchev–Trinajstić information content (AvgIpc) is 2.91. The van der Waals surface area contributed by atoms with E-state index >= 15 is 0 Å². The van der Waals surface area contributed by atoms with Crippen LogP contribution in [0.4, 0.5) is 0 Å². The molecule has 20 heavy (non-hydrogen) atoms. The van der Waals surface area contributed by atoms with E-state index in [1.165, 1.54) is 5.56 Å². The molecule has 1 aromatic carbocycles. The molecule has 0 saturated heterocycles. The summed E-state index contributed by atoms with van der Waals surface area (Å²) in [5.41, 5.74) is 2.95. The highest BCUT2D eigenvalue weighted by molar-refractivity contribution is 5.38. The third kappa shape index (κ3) is 2.78. The molecule has 0 N–H and O–H groups in total. The minimum atomic E-state index is 0.311. The second-order valence-corrected chi connectivity index (χ2v) is 4.36. The molecule has 0 spiro atoms. The Morgan fingerprint density at radius 1 is 1.25 bits per heavy atom. The first-order valence-electron chi connectivity index (χ1n) is 6.30. The number of ether oxygens (including phenoxy) is 1. The minimum absolute atomic E-state index is 0.311. The van der Waals surface area contributed by atoms with Crippen molar-refractivity contribution in [2.24, 2.45) is 0 Å². The first-order chi connectivity index (χ1) is 9.81. The van der Waals surface area contributed by atoms with E-state index in [9.17, 15) is 0 Å². The maximum atomic E-state index is 5.51. The van der Waals surface area contributed by atoms with Crippen LogP contribution in [-0.2, 0) is 0 Å². The zero-order valence-corrected chi connectivity index (χ0v) is 11.1. The number of aryl methyl sites for hydroxylation is 1. The van der Waals surface area contributed by atoms with Crippen molar-refractivity contribution in [3.8, 4) is 17.7 Å². The second kappa shape index (κ2) is 5.45. The van der Waals surface area contributed by atoms with Gasteiger partial charge in [0, 0.05) is 23.9 Å². The van der Waals surface area contributed by atoms with Crippen molar-refractivity contribution < 1.29 is 4.74 Å². The highest BCUT2D eigenvalue weighted by Gasteiger charge is 1.97. The van der Waals surface area contributed by atoms with Crippen molar-refractivity contribution in [2.75, 3.05) is 6.61 Å². The zero-order chi connectivity index (χ0) is 13.8. The second-order valence-electron chi connectivity index (χ2n) is 4.36. The molecule has 0 saturated carbocycles. The fourth-order valence-electron chi connectivity index (χ4n) is 1.85. The van der Waals surface area contributed by atoms with Gasteiger partial charge in [0.25, 0.3) is 0 Å². The van der Waals surface area contributed by atoms with Crippen LogP contribution in [0.15, 0.2) is 48.8 Å². The number of hydrogen-bond donors (Lipinski definition) is 0. The standard InChI is InChI=1S/C16H13N3O/c1-13-4-2-5-14(12-13)6-3-11-20-16-8-10-19-15(18-16)7-9-17-19/h2,4-5,7-10,12H,11H2,1H3. The van der Waals surface area contributed by atoms with Crippen LogP contribution in [0.3, 0.4) is 0 Å². The summed E-state index contributed by atoms with van der Waals surface area (Å²) in [6, 6.07) is 11.7. The first kappa shape index (κ1) is 12.2. The lowest BCUT2D eigenvalue weighted by Crippen LogP contribution is -1.98. The van der Waals surface area contributed by atoms with Crippen LogP contribution in [0.1, 0.15) is 11.1 Å². The summed E-state index contributed by atoms with van der Waals surface area (Å²) in [7, 11) is 0. The Morgan fingerprint density at radius 3 is 3.10 bits per heavy atom. The van der Waals surface area contributed by atoms with Crippen LogP contribution in [0, 0.1) is 18.8 Å². The van der Waals surface area contributed by atoms with E-state index in [0.717, 1.165) is 11.2 Å². The Bertz CT molecular complexity index is 796. The van der Waals surface area contributed by atoms with Crippen LogP contribution in [0.5, 0.6) is 5.88 Å². The molecule has 3 aromatic rings. The van der Waals surface area contributed by atoms with Crippen molar-refractivity contribution in [2.45, 2.75) is 6.92 Å². The van der Waals surface area contributed by atoms with Gasteiger partial charge in [0.15, 0.2) is 12.3 Å². The molecule has 98 valence electrons. The summed E-state index contributed by atoms with van der Waals surface area (Å²) < 4.78 is 7.20. The average molecular weight is 263 g/mol. The molecule has 0 radical (unpaired) electrons. The van der Waals surface area contributed by atoms with Gasteiger partial charge in [0.05, 0.1) is 6.20 Å². The number of benzene rings is 1. The Balaban J connectivity index is 1.65. The molecule has 0 aliphatic carbocycles. The van der Waals surface area contributed by atoms with Crippen LogP contribution in [-0.4, -0.2) is 21.2 Å². The lowest BCUT2D eigenvalue weighted by Gasteiger charge is -2.00. The first-order valence-corrected chi connectivity index (χ1v) is 6.30. The monoisotopic (exact) mass is 263 g/mol. The summed E-state index contributed by atoms with van der Waals surface area (Å²) in [6.45, 7) is 2.36. The van der Waals surface area contributed by atoms with Crippen molar-refractivity contribution in [3.05, 3.63) is 59.9 Å². The van der Waals surface area contributed by atoms with E-state index in [1.807, 2.05) is 43.5 Å². The van der Waals surface area contributed by atoms with Crippen molar-refractivity contribution in [1.29, 1.82) is 0 Å². The Kier molecular flexibility index (Phi) is 3.34. The van der Waals surface area contributed by atoms with E-state index in [-0.39, 0.29) is 0 Å². The largest absolute Gasteiger partial charge is 0.464 e. The number of rotatable bonds is 2. The fourth-order valence-corrected chi connectivity index (χ4v) is 1.85. The molecule has 4 heteroatoms. The third-order valence-corrected chi connectivity index (χ3v) is 2.78. The normalized spacial score (nSPS) is 10.1. The van der Waals surface area contributed by atoms with Crippen LogP contribution in [0.2, 0.25) is 0 Å². The highest BCUT2D eigenvalue weighted by Crippen LogP contribution is 2.08. The number of hydrogen-bond acceptors (Lipinski definition) is 3. The van der Waals surface area contributed by atoms with E-state index in [2.05, 4.69) is 21.9 Å². The molecule has 2 aromatic heterocycles. The van der Waals surface area contributed by atoms with E-state index < -0.39 is 0 Å². The predicted octanol–water partition coefficient (Wildman–Crippen LogP) is 2.47. The van der Waals surface area contributed by atoms with Gasteiger partial charge in [0.2, 0.25) is 5.88 Å². The van der Waals surface area contributed by atoms with Crippen LogP contribution < -0.4 is 4.74 Å². The lowest BCUT2D eigenvalue weighted by molar-refractivity contribution is 0.355. The number of fused-ring (bicyclic) bond motifs is 1. The maximum absolute atomic E-state index is 5.51. The predicted molar refractivity (Wildman–Crippen MR) is 76.5 cm³/mol. The summed E-state index contributed by atoms with van der Waals surface area (Å²) in [5, 5.41) is 4.07. The van der Waals surface area contributed by atoms with Gasteiger partial charge >= 0.3 is 0 Å². The maximum Gasteiger partial charge on any atom is 0.217 e. The molecule has 0 bridgehead atoms. The molecular weight excluding hydrogens is 250 g/mol. The van der Waals surface area contributed by atoms with Gasteiger partial charge in [-0.25, -0.2) is 4.52 Å². The van der Waals surface area contributed by atoms with Gasteiger partial charge in [-0.05, 0) is 24.6 Å². The summed E-state index contributed by atoms with van der Waals surface area (Å²) in [4.78, 5) is 4.30. The van der Waals surface area contributed by atoms with Gasteiger partial charge in [-0.15, -0.1) is 0 Å². The van der Waals surface area contributed by atoms with Crippen LogP contribution >= 0.6 is 0 Å². The molecule has 3 rings (SSSR count). The molecule has 0 unspecified atom stereocenters. The Morgan fingerprint density at radius 2 is 2.20 bits per heavy atom. The SMILES string of the molecule is Cc1cccc(C#CCOc2ccn3nccc3n2)c1. The quantitative estimate of drug-likeness (QED) is 0.667. The molecule has 0 fully saturated rings. The van der Waals surface area contributed by atoms with Crippen molar-refractivity contribution in [3.63, 3.8) is 0 Å². The van der Waals surface area contributed by atoms with E-state index in [1.54, 1.807) is 16.8 Å². The van der Waals surface area contributed by atoms with Gasteiger partial charge < -0.3 is 4.74 Å². The molecule has 0 amide bonds. The topological polar surface area (TPSA) is 39.4 Å². The smallest absolute Gasteiger partial charge is 0.217 e. The highest BCUT2D eigenvalue weighted by atomic mass is 16.5. The van der Waals surface area contributed by atoms with E-state index in [0.29, 0.717) is 12.5 Å². The third-order valence-electron chi connectivity index (χ3n) is 2.78. The molecule has 0 aliphatic heterocycles. The zero-order valence-electron chi connectivity index (χ0n) is 11.1. The van der Waals surface area contributed by atoms with Gasteiger partial charge in [-0.2, -0.15) is 10.1 Å². The Labute approximate surface area is 117 Å². The summed E-state index contributed by atoms with van der Waals surface area (Å²) in [6.07, 6.45) is 3.51. The van der Waals surface area contributed by atoms with Gasteiger partial charge in [0.1, 0.15) is 0 Å². The summed E-state index contributed by atoms with van der Waals surface area (Å²) in [5.74, 6) is 6.60. The number of nitrogens with zero attached hydrogens (tertiary/aromatic N) is 3. The minimum Gasteiger partial charge on any atom is -0.464 e. The lowest BCUT2D eigenvalue weighted by atomic mass is 10.1. The Hall–Kier alpha value is -2.80. The molecule has 2 heterocycles. The molecule has 4 nitrogen and oxygen atoms in total. The van der Waals surface area contributed by atoms with Crippen molar-refractivity contribution in [1.82, 2.24) is 14.6 Å². The fraction of sp³-hybridized carbons (Fsp3) is 0.125. The number of aromatic nitrogens is 3. The van der Waals surface area contributed by atoms with E-state index in [4.69, 9.17) is 4.74 Å². The molecule has 0 atom stereocenters. The molecular formula is C16H13N3O. The van der Waals surface area contributed by atoms with Crippen molar-refractivity contribution >= 4 is 5.65 Å². The summed E-state index contributed by atoms with van der Waals surface area (Å²) >= 11 is 0. The van der Waals surface area contributed by atoms with Gasteiger partial charge in [-0.3, -0.25) is 0 Å².